The number of nitrogens with zero attached hydrogens (tertiary/aromatic N) is 1. The Morgan fingerprint density at radius 3 is 1.95 bits per heavy atom. The van der Waals surface area contributed by atoms with Crippen LogP contribution in [0.25, 0.3) is 54.6 Å². The van der Waals surface area contributed by atoms with Crippen molar-refractivity contribution in [2.24, 2.45) is 0 Å². The van der Waals surface area contributed by atoms with E-state index in [4.69, 9.17) is 4.42 Å². The molecule has 1 aromatic heterocycles. The van der Waals surface area contributed by atoms with Crippen LogP contribution in [0.5, 0.6) is 0 Å². The second-order valence-corrected chi connectivity index (χ2v) is 12.6. The standard InChI is InChI=1S/C42H31NO/c1-26-13-11-20-32-33-21-12-22-37(41(33)44-40(26)32)43(29-16-5-4-6-17-29)38-25-36-39(31-19-10-9-18-30(31)38)34-23-27-14-7-8-15-28(27)24-35(34)42(36,2)3/h4-25H,1-3H3. The molecule has 8 aromatic rings. The van der Waals surface area contributed by atoms with E-state index < -0.39 is 0 Å². The third-order valence-corrected chi connectivity index (χ3v) is 9.72. The maximum atomic E-state index is 6.74. The van der Waals surface area contributed by atoms with Gasteiger partial charge in [-0.05, 0) is 87.3 Å². The largest absolute Gasteiger partial charge is 0.454 e. The molecule has 2 nitrogen and oxygen atoms in total. The van der Waals surface area contributed by atoms with E-state index in [2.05, 4.69) is 159 Å². The molecule has 0 spiro atoms. The molecule has 0 bridgehead atoms. The summed E-state index contributed by atoms with van der Waals surface area (Å²) in [4.78, 5) is 2.40. The highest BCUT2D eigenvalue weighted by Gasteiger charge is 2.38. The van der Waals surface area contributed by atoms with Crippen LogP contribution >= 0.6 is 0 Å². The molecule has 1 heterocycles. The maximum Gasteiger partial charge on any atom is 0.159 e. The molecule has 0 N–H and O–H groups in total. The van der Waals surface area contributed by atoms with Crippen molar-refractivity contribution < 1.29 is 4.42 Å². The monoisotopic (exact) mass is 565 g/mol. The Morgan fingerprint density at radius 1 is 0.523 bits per heavy atom. The number of hydrogen-bond acceptors (Lipinski definition) is 2. The van der Waals surface area contributed by atoms with E-state index in [-0.39, 0.29) is 5.41 Å². The van der Waals surface area contributed by atoms with Crippen molar-refractivity contribution in [2.45, 2.75) is 26.2 Å². The molecule has 0 fully saturated rings. The lowest BCUT2D eigenvalue weighted by atomic mass is 9.81. The van der Waals surface area contributed by atoms with E-state index >= 15 is 0 Å². The van der Waals surface area contributed by atoms with Crippen molar-refractivity contribution in [3.63, 3.8) is 0 Å². The average Bonchev–Trinajstić information content (AvgIpc) is 3.55. The molecule has 1 aliphatic carbocycles. The smallest absolute Gasteiger partial charge is 0.159 e. The lowest BCUT2D eigenvalue weighted by molar-refractivity contribution is 0.661. The first kappa shape index (κ1) is 25.2. The fraction of sp³-hybridized carbons (Fsp3) is 0.0952. The van der Waals surface area contributed by atoms with Gasteiger partial charge in [-0.1, -0.05) is 111 Å². The number of anilines is 3. The lowest BCUT2D eigenvalue weighted by Gasteiger charge is -2.29. The number of aryl methyl sites for hydroxylation is 1. The van der Waals surface area contributed by atoms with Crippen LogP contribution in [0.2, 0.25) is 0 Å². The average molecular weight is 566 g/mol. The summed E-state index contributed by atoms with van der Waals surface area (Å²) in [6, 6.07) is 48.5. The minimum Gasteiger partial charge on any atom is -0.454 e. The van der Waals surface area contributed by atoms with Gasteiger partial charge in [-0.15, -0.1) is 0 Å². The van der Waals surface area contributed by atoms with Crippen molar-refractivity contribution in [3.05, 3.63) is 150 Å². The number of hydrogen-bond donors (Lipinski definition) is 0. The second kappa shape index (κ2) is 9.08. The molecule has 2 heteroatoms. The molecule has 0 radical (unpaired) electrons. The van der Waals surface area contributed by atoms with Crippen LogP contribution in [0, 0.1) is 6.92 Å². The summed E-state index contributed by atoms with van der Waals surface area (Å²) in [5, 5.41) is 7.34. The van der Waals surface area contributed by atoms with Gasteiger partial charge in [0.1, 0.15) is 5.58 Å². The molecule has 210 valence electrons. The zero-order valence-electron chi connectivity index (χ0n) is 25.1. The summed E-state index contributed by atoms with van der Waals surface area (Å²) in [5.74, 6) is 0. The normalized spacial score (nSPS) is 13.5. The van der Waals surface area contributed by atoms with Gasteiger partial charge in [-0.3, -0.25) is 0 Å². The number of benzene rings is 7. The first-order chi connectivity index (χ1) is 21.5. The van der Waals surface area contributed by atoms with Gasteiger partial charge >= 0.3 is 0 Å². The molecule has 44 heavy (non-hydrogen) atoms. The zero-order chi connectivity index (χ0) is 29.6. The van der Waals surface area contributed by atoms with Gasteiger partial charge in [0.25, 0.3) is 0 Å². The highest BCUT2D eigenvalue weighted by Crippen LogP contribution is 2.55. The molecule has 0 unspecified atom stereocenters. The van der Waals surface area contributed by atoms with E-state index in [0.29, 0.717) is 0 Å². The van der Waals surface area contributed by atoms with Crippen LogP contribution < -0.4 is 4.90 Å². The molecule has 1 aliphatic rings. The predicted molar refractivity (Wildman–Crippen MR) is 186 cm³/mol. The lowest BCUT2D eigenvalue weighted by Crippen LogP contribution is -2.17. The highest BCUT2D eigenvalue weighted by atomic mass is 16.3. The minimum atomic E-state index is -0.168. The summed E-state index contributed by atoms with van der Waals surface area (Å²) in [6.07, 6.45) is 0. The molecule has 0 atom stereocenters. The number of furan rings is 1. The van der Waals surface area contributed by atoms with E-state index in [0.717, 1.165) is 44.6 Å². The van der Waals surface area contributed by atoms with E-state index in [1.165, 1.54) is 43.8 Å². The van der Waals surface area contributed by atoms with E-state index in [1.54, 1.807) is 0 Å². The van der Waals surface area contributed by atoms with E-state index in [1.807, 2.05) is 0 Å². The third-order valence-electron chi connectivity index (χ3n) is 9.72. The van der Waals surface area contributed by atoms with Crippen LogP contribution in [0.1, 0.15) is 30.5 Å². The second-order valence-electron chi connectivity index (χ2n) is 12.6. The Labute approximate surface area is 256 Å². The van der Waals surface area contributed by atoms with Crippen molar-refractivity contribution >= 4 is 60.5 Å². The van der Waals surface area contributed by atoms with Crippen molar-refractivity contribution in [1.29, 1.82) is 0 Å². The topological polar surface area (TPSA) is 16.4 Å². The Hall–Kier alpha value is -5.34. The quantitative estimate of drug-likeness (QED) is 0.212. The first-order valence-corrected chi connectivity index (χ1v) is 15.4. The van der Waals surface area contributed by atoms with Gasteiger partial charge in [-0.25, -0.2) is 0 Å². The predicted octanol–water partition coefficient (Wildman–Crippen LogP) is 12.0. The molecule has 0 saturated heterocycles. The first-order valence-electron chi connectivity index (χ1n) is 15.4. The van der Waals surface area contributed by atoms with Gasteiger partial charge < -0.3 is 9.32 Å². The molecule has 0 saturated carbocycles. The van der Waals surface area contributed by atoms with E-state index in [9.17, 15) is 0 Å². The molecule has 0 amide bonds. The Balaban J connectivity index is 1.39. The SMILES string of the molecule is Cc1cccc2c1oc1c(N(c3ccccc3)c3cc4c(c5ccccc35)-c3cc5ccccc5cc3C4(C)C)cccc12. The van der Waals surface area contributed by atoms with Gasteiger partial charge in [0.2, 0.25) is 0 Å². The zero-order valence-corrected chi connectivity index (χ0v) is 25.1. The van der Waals surface area contributed by atoms with Gasteiger partial charge in [0.15, 0.2) is 5.58 Å². The van der Waals surface area contributed by atoms with Crippen LogP contribution in [0.4, 0.5) is 17.1 Å². The summed E-state index contributed by atoms with van der Waals surface area (Å²) < 4.78 is 6.74. The molecule has 9 rings (SSSR count). The number of fused-ring (bicyclic) bond motifs is 9. The Morgan fingerprint density at radius 2 is 1.16 bits per heavy atom. The van der Waals surface area contributed by atoms with Crippen molar-refractivity contribution in [2.75, 3.05) is 4.90 Å². The summed E-state index contributed by atoms with van der Waals surface area (Å²) in [7, 11) is 0. The summed E-state index contributed by atoms with van der Waals surface area (Å²) in [5.41, 5.74) is 11.5. The fourth-order valence-electron chi connectivity index (χ4n) is 7.54. The van der Waals surface area contributed by atoms with Crippen LogP contribution in [0.3, 0.4) is 0 Å². The molecule has 7 aromatic carbocycles. The molecule has 0 aliphatic heterocycles. The number of rotatable bonds is 3. The maximum absolute atomic E-state index is 6.74. The minimum absolute atomic E-state index is 0.168. The Kier molecular flexibility index (Phi) is 5.20. The van der Waals surface area contributed by atoms with Gasteiger partial charge in [0.05, 0.1) is 11.4 Å². The van der Waals surface area contributed by atoms with Gasteiger partial charge in [-0.2, -0.15) is 0 Å². The summed E-state index contributed by atoms with van der Waals surface area (Å²) in [6.45, 7) is 6.87. The van der Waals surface area contributed by atoms with Crippen molar-refractivity contribution in [1.82, 2.24) is 0 Å². The van der Waals surface area contributed by atoms with Crippen LogP contribution in [-0.2, 0) is 5.41 Å². The third kappa shape index (κ3) is 3.43. The van der Waals surface area contributed by atoms with Crippen LogP contribution in [-0.4, -0.2) is 0 Å². The van der Waals surface area contributed by atoms with Gasteiger partial charge in [0, 0.05) is 27.3 Å². The van der Waals surface area contributed by atoms with Crippen molar-refractivity contribution in [3.8, 4) is 11.1 Å². The Bertz CT molecular complexity index is 2430. The number of para-hydroxylation sites is 3. The fourth-order valence-corrected chi connectivity index (χ4v) is 7.54. The molecular formula is C42H31NO. The molecular weight excluding hydrogens is 534 g/mol. The highest BCUT2D eigenvalue weighted by molar-refractivity contribution is 6.14. The van der Waals surface area contributed by atoms with Crippen LogP contribution in [0.15, 0.2) is 138 Å². The summed E-state index contributed by atoms with van der Waals surface area (Å²) >= 11 is 0.